The average Bonchev–Trinajstić information content (AvgIpc) is 2.99. The van der Waals surface area contributed by atoms with Gasteiger partial charge in [-0.1, -0.05) is 55.7 Å². The van der Waals surface area contributed by atoms with Gasteiger partial charge in [0.15, 0.2) is 0 Å². The summed E-state index contributed by atoms with van der Waals surface area (Å²) >= 11 is 0. The number of hydrogen-bond donors (Lipinski definition) is 0. The standard InChI is InChI=1S/C23H23NO3/c1-27-22(26)19-15-9-3-4-10-16(15)21(25)24-18-12-6-5-11-17(18)23(20(19)24)13-7-2-8-14-23/h3-6,9-12,19-20H,2,7-8,13-14H2,1H3/t19-,20+/m1/s1. The molecule has 0 radical (unpaired) electrons. The van der Waals surface area contributed by atoms with E-state index < -0.39 is 5.92 Å². The molecule has 4 heteroatoms. The van der Waals surface area contributed by atoms with Crippen molar-refractivity contribution in [3.8, 4) is 0 Å². The summed E-state index contributed by atoms with van der Waals surface area (Å²) in [5.41, 5.74) is 3.46. The van der Waals surface area contributed by atoms with Crippen molar-refractivity contribution in [2.24, 2.45) is 0 Å². The largest absolute Gasteiger partial charge is 0.468 e. The van der Waals surface area contributed by atoms with Crippen LogP contribution in [0.1, 0.15) is 59.5 Å². The van der Waals surface area contributed by atoms with Crippen LogP contribution in [0.3, 0.4) is 0 Å². The summed E-state index contributed by atoms with van der Waals surface area (Å²) in [7, 11) is 1.45. The van der Waals surface area contributed by atoms with Gasteiger partial charge < -0.3 is 9.64 Å². The summed E-state index contributed by atoms with van der Waals surface area (Å²) in [6.07, 6.45) is 5.48. The van der Waals surface area contributed by atoms with Crippen molar-refractivity contribution in [2.75, 3.05) is 12.0 Å². The Labute approximate surface area is 159 Å². The molecule has 5 rings (SSSR count). The summed E-state index contributed by atoms with van der Waals surface area (Å²) < 4.78 is 5.25. The van der Waals surface area contributed by atoms with Gasteiger partial charge in [-0.15, -0.1) is 0 Å². The fourth-order valence-electron chi connectivity index (χ4n) is 5.76. The van der Waals surface area contributed by atoms with Gasteiger partial charge in [-0.2, -0.15) is 0 Å². The topological polar surface area (TPSA) is 46.6 Å². The van der Waals surface area contributed by atoms with Crippen LogP contribution in [-0.2, 0) is 14.9 Å². The number of anilines is 1. The SMILES string of the molecule is COC(=O)[C@@H]1c2ccccc2C(=O)N2c3ccccc3C3(CCCCC3)[C@H]12. The number of benzene rings is 2. The molecule has 2 aliphatic heterocycles. The first kappa shape index (κ1) is 16.5. The van der Waals surface area contributed by atoms with E-state index in [4.69, 9.17) is 4.74 Å². The summed E-state index contributed by atoms with van der Waals surface area (Å²) in [6.45, 7) is 0. The van der Waals surface area contributed by atoms with Crippen molar-refractivity contribution in [1.82, 2.24) is 0 Å². The smallest absolute Gasteiger partial charge is 0.315 e. The van der Waals surface area contributed by atoms with E-state index in [1.165, 1.54) is 19.1 Å². The Balaban J connectivity index is 1.80. The van der Waals surface area contributed by atoms with Gasteiger partial charge in [0.2, 0.25) is 0 Å². The highest BCUT2D eigenvalue weighted by Crippen LogP contribution is 2.58. The van der Waals surface area contributed by atoms with Crippen molar-refractivity contribution < 1.29 is 14.3 Å². The molecule has 1 aliphatic carbocycles. The molecule has 0 bridgehead atoms. The molecular formula is C23H23NO3. The molecular weight excluding hydrogens is 338 g/mol. The Morgan fingerprint density at radius 1 is 1.04 bits per heavy atom. The molecule has 27 heavy (non-hydrogen) atoms. The highest BCUT2D eigenvalue weighted by Gasteiger charge is 2.60. The Hall–Kier alpha value is -2.62. The van der Waals surface area contributed by atoms with Crippen LogP contribution in [0, 0.1) is 0 Å². The van der Waals surface area contributed by atoms with E-state index in [2.05, 4.69) is 12.1 Å². The van der Waals surface area contributed by atoms with Gasteiger partial charge in [-0.3, -0.25) is 9.59 Å². The second-order valence-electron chi connectivity index (χ2n) is 7.94. The lowest BCUT2D eigenvalue weighted by atomic mass is 9.62. The van der Waals surface area contributed by atoms with Crippen molar-refractivity contribution in [2.45, 2.75) is 49.5 Å². The van der Waals surface area contributed by atoms with Gasteiger partial charge in [-0.05, 0) is 36.1 Å². The minimum absolute atomic E-state index is 0.00523. The number of nitrogens with zero attached hydrogens (tertiary/aromatic N) is 1. The van der Waals surface area contributed by atoms with E-state index in [-0.39, 0.29) is 23.3 Å². The lowest BCUT2D eigenvalue weighted by molar-refractivity contribution is -0.143. The normalized spacial score (nSPS) is 24.9. The summed E-state index contributed by atoms with van der Waals surface area (Å²) in [5.74, 6) is -0.692. The lowest BCUT2D eigenvalue weighted by Crippen LogP contribution is -2.56. The van der Waals surface area contributed by atoms with E-state index >= 15 is 0 Å². The van der Waals surface area contributed by atoms with E-state index in [0.717, 1.165) is 36.9 Å². The number of amides is 1. The number of para-hydroxylation sites is 1. The van der Waals surface area contributed by atoms with E-state index in [1.807, 2.05) is 41.3 Å². The Bertz CT molecular complexity index is 929. The monoisotopic (exact) mass is 361 g/mol. The molecule has 0 unspecified atom stereocenters. The average molecular weight is 361 g/mol. The van der Waals surface area contributed by atoms with Crippen LogP contribution in [0.15, 0.2) is 48.5 Å². The predicted molar refractivity (Wildman–Crippen MR) is 103 cm³/mol. The molecule has 1 spiro atoms. The summed E-state index contributed by atoms with van der Waals surface area (Å²) in [4.78, 5) is 28.4. The number of carbonyl (C=O) groups excluding carboxylic acids is 2. The minimum atomic E-state index is -0.450. The molecule has 0 N–H and O–H groups in total. The van der Waals surface area contributed by atoms with Crippen molar-refractivity contribution in [3.05, 3.63) is 65.2 Å². The highest BCUT2D eigenvalue weighted by atomic mass is 16.5. The maximum absolute atomic E-state index is 13.5. The molecule has 0 saturated heterocycles. The Kier molecular flexibility index (Phi) is 3.64. The van der Waals surface area contributed by atoms with E-state index in [0.29, 0.717) is 5.56 Å². The van der Waals surface area contributed by atoms with Gasteiger partial charge >= 0.3 is 5.97 Å². The second kappa shape index (κ2) is 5.95. The van der Waals surface area contributed by atoms with Crippen molar-refractivity contribution in [3.63, 3.8) is 0 Å². The summed E-state index contributed by atoms with van der Waals surface area (Å²) in [5, 5.41) is 0. The van der Waals surface area contributed by atoms with Gasteiger partial charge in [-0.25, -0.2) is 0 Å². The van der Waals surface area contributed by atoms with Gasteiger partial charge in [0, 0.05) is 16.7 Å². The number of esters is 1. The highest BCUT2D eigenvalue weighted by molar-refractivity contribution is 6.12. The number of hydrogen-bond acceptors (Lipinski definition) is 3. The molecule has 1 fully saturated rings. The molecule has 0 aromatic heterocycles. The molecule has 2 aromatic rings. The first-order valence-corrected chi connectivity index (χ1v) is 9.79. The van der Waals surface area contributed by atoms with Crippen LogP contribution in [0.25, 0.3) is 0 Å². The van der Waals surface area contributed by atoms with E-state index in [9.17, 15) is 9.59 Å². The van der Waals surface area contributed by atoms with Crippen LogP contribution in [0.2, 0.25) is 0 Å². The van der Waals surface area contributed by atoms with Crippen LogP contribution < -0.4 is 4.90 Å². The van der Waals surface area contributed by atoms with E-state index in [1.54, 1.807) is 0 Å². The first-order chi connectivity index (χ1) is 13.2. The fourth-order valence-corrected chi connectivity index (χ4v) is 5.76. The van der Waals surface area contributed by atoms with Gasteiger partial charge in [0.25, 0.3) is 5.91 Å². The number of rotatable bonds is 1. The number of methoxy groups -OCH3 is 1. The van der Waals surface area contributed by atoms with Crippen LogP contribution in [0.4, 0.5) is 5.69 Å². The maximum atomic E-state index is 13.5. The Morgan fingerprint density at radius 3 is 2.52 bits per heavy atom. The zero-order chi connectivity index (χ0) is 18.6. The molecule has 4 nitrogen and oxygen atoms in total. The molecule has 2 aromatic carbocycles. The van der Waals surface area contributed by atoms with Crippen LogP contribution >= 0.6 is 0 Å². The molecule has 2 atom stereocenters. The van der Waals surface area contributed by atoms with Crippen LogP contribution in [0.5, 0.6) is 0 Å². The molecule has 3 aliphatic rings. The van der Waals surface area contributed by atoms with Crippen LogP contribution in [-0.4, -0.2) is 25.0 Å². The predicted octanol–water partition coefficient (Wildman–Crippen LogP) is 4.19. The third-order valence-corrected chi connectivity index (χ3v) is 6.81. The maximum Gasteiger partial charge on any atom is 0.315 e. The van der Waals surface area contributed by atoms with Gasteiger partial charge in [0.05, 0.1) is 13.2 Å². The minimum Gasteiger partial charge on any atom is -0.468 e. The Morgan fingerprint density at radius 2 is 1.74 bits per heavy atom. The van der Waals surface area contributed by atoms with Crippen molar-refractivity contribution >= 4 is 17.6 Å². The number of carbonyl (C=O) groups is 2. The molecule has 2 heterocycles. The quantitative estimate of drug-likeness (QED) is 0.716. The lowest BCUT2D eigenvalue weighted by Gasteiger charge is -2.46. The molecule has 1 saturated carbocycles. The van der Waals surface area contributed by atoms with Crippen molar-refractivity contribution in [1.29, 1.82) is 0 Å². The zero-order valence-corrected chi connectivity index (χ0v) is 15.5. The second-order valence-corrected chi connectivity index (χ2v) is 7.94. The molecule has 138 valence electrons. The zero-order valence-electron chi connectivity index (χ0n) is 15.5. The summed E-state index contributed by atoms with van der Waals surface area (Å²) in [6, 6.07) is 15.6. The number of fused-ring (bicyclic) bond motifs is 6. The van der Waals surface area contributed by atoms with Gasteiger partial charge in [0.1, 0.15) is 5.92 Å². The first-order valence-electron chi connectivity index (χ1n) is 9.79. The number of ether oxygens (including phenoxy) is 1. The fraction of sp³-hybridized carbons (Fsp3) is 0.391. The third kappa shape index (κ3) is 2.10. The third-order valence-electron chi connectivity index (χ3n) is 6.81. The molecule has 1 amide bonds.